The van der Waals surface area contributed by atoms with Crippen molar-refractivity contribution in [2.45, 2.75) is 52.0 Å². The van der Waals surface area contributed by atoms with Gasteiger partial charge in [-0.25, -0.2) is 0 Å². The van der Waals surface area contributed by atoms with Crippen molar-refractivity contribution in [3.05, 3.63) is 0 Å². The van der Waals surface area contributed by atoms with Gasteiger partial charge in [-0.2, -0.15) is 0 Å². The van der Waals surface area contributed by atoms with E-state index >= 15 is 0 Å². The maximum Gasteiger partial charge on any atom is 0.0545 e. The summed E-state index contributed by atoms with van der Waals surface area (Å²) in [5.74, 6) is 4.61. The molecule has 1 atom stereocenters. The smallest absolute Gasteiger partial charge is 0.0545 e. The van der Waals surface area contributed by atoms with Crippen LogP contribution in [0.5, 0.6) is 0 Å². The molecule has 0 saturated heterocycles. The van der Waals surface area contributed by atoms with Gasteiger partial charge in [-0.15, -0.1) is 18.2 Å². The van der Waals surface area contributed by atoms with Gasteiger partial charge in [0, 0.05) is 18.3 Å². The van der Waals surface area contributed by atoms with E-state index in [1.165, 1.54) is 32.1 Å². The number of nitrogens with one attached hydrogen (secondary N) is 1. The van der Waals surface area contributed by atoms with Gasteiger partial charge in [0.25, 0.3) is 0 Å². The molecular formula is C13H25NS. The largest absolute Gasteiger partial charge is 0.313 e. The summed E-state index contributed by atoms with van der Waals surface area (Å²) in [4.78, 5) is 0. The molecule has 0 aromatic carbocycles. The van der Waals surface area contributed by atoms with Gasteiger partial charge in [-0.1, -0.05) is 38.5 Å². The standard InChI is InChI=1S/C13H25NS/c1-4-6-7-8-9-13(3)14-10-12-15-11-5-2/h2,13-14H,4,6-12H2,1,3H3. The fourth-order valence-electron chi connectivity index (χ4n) is 1.49. The Morgan fingerprint density at radius 1 is 1.33 bits per heavy atom. The molecule has 0 radical (unpaired) electrons. The molecule has 0 bridgehead atoms. The van der Waals surface area contributed by atoms with E-state index in [9.17, 15) is 0 Å². The number of hydrogen-bond acceptors (Lipinski definition) is 2. The van der Waals surface area contributed by atoms with Crippen LogP contribution < -0.4 is 5.32 Å². The second kappa shape index (κ2) is 11.9. The van der Waals surface area contributed by atoms with E-state index < -0.39 is 0 Å². The Morgan fingerprint density at radius 3 is 2.80 bits per heavy atom. The van der Waals surface area contributed by atoms with Gasteiger partial charge in [0.05, 0.1) is 5.75 Å². The molecule has 0 fully saturated rings. The minimum absolute atomic E-state index is 0.660. The first-order valence-electron chi connectivity index (χ1n) is 6.05. The number of hydrogen-bond donors (Lipinski definition) is 1. The average Bonchev–Trinajstić information content (AvgIpc) is 2.24. The third-order valence-electron chi connectivity index (χ3n) is 2.42. The summed E-state index contributed by atoms with van der Waals surface area (Å²) in [7, 11) is 0. The van der Waals surface area contributed by atoms with Crippen LogP contribution in [0, 0.1) is 12.3 Å². The van der Waals surface area contributed by atoms with Crippen molar-refractivity contribution in [3.8, 4) is 12.3 Å². The van der Waals surface area contributed by atoms with Crippen molar-refractivity contribution in [3.63, 3.8) is 0 Å². The van der Waals surface area contributed by atoms with Crippen LogP contribution in [0.25, 0.3) is 0 Å². The molecular weight excluding hydrogens is 202 g/mol. The minimum atomic E-state index is 0.660. The number of unbranched alkanes of at least 4 members (excludes halogenated alkanes) is 3. The molecule has 0 amide bonds. The Hall–Kier alpha value is -0.130. The predicted octanol–water partition coefficient (Wildman–Crippen LogP) is 3.30. The number of rotatable bonds is 10. The van der Waals surface area contributed by atoms with Gasteiger partial charge < -0.3 is 5.32 Å². The highest BCUT2D eigenvalue weighted by Gasteiger charge is 1.99. The zero-order valence-corrected chi connectivity index (χ0v) is 11.0. The van der Waals surface area contributed by atoms with Gasteiger partial charge in [0.1, 0.15) is 0 Å². The summed E-state index contributed by atoms with van der Waals surface area (Å²) < 4.78 is 0. The Kier molecular flexibility index (Phi) is 11.8. The van der Waals surface area contributed by atoms with Crippen molar-refractivity contribution >= 4 is 11.8 Å². The number of terminal acetylenes is 1. The van der Waals surface area contributed by atoms with E-state index in [0.717, 1.165) is 18.1 Å². The van der Waals surface area contributed by atoms with Crippen molar-refractivity contribution in [2.75, 3.05) is 18.1 Å². The first kappa shape index (κ1) is 14.9. The van der Waals surface area contributed by atoms with Gasteiger partial charge in [0.2, 0.25) is 0 Å². The summed E-state index contributed by atoms with van der Waals surface area (Å²) in [6.07, 6.45) is 11.9. The molecule has 1 nitrogen and oxygen atoms in total. The van der Waals surface area contributed by atoms with E-state index in [0.29, 0.717) is 6.04 Å². The minimum Gasteiger partial charge on any atom is -0.313 e. The zero-order chi connectivity index (χ0) is 11.4. The van der Waals surface area contributed by atoms with Crippen LogP contribution >= 0.6 is 11.8 Å². The van der Waals surface area contributed by atoms with E-state index in [1.807, 2.05) is 11.8 Å². The lowest BCUT2D eigenvalue weighted by molar-refractivity contribution is 0.496. The maximum absolute atomic E-state index is 5.17. The van der Waals surface area contributed by atoms with E-state index in [4.69, 9.17) is 6.42 Å². The fourth-order valence-corrected chi connectivity index (χ4v) is 2.01. The third kappa shape index (κ3) is 11.8. The highest BCUT2D eigenvalue weighted by molar-refractivity contribution is 7.99. The molecule has 0 aromatic heterocycles. The quantitative estimate of drug-likeness (QED) is 0.454. The molecule has 0 saturated carbocycles. The molecule has 15 heavy (non-hydrogen) atoms. The topological polar surface area (TPSA) is 12.0 Å². The van der Waals surface area contributed by atoms with Crippen LogP contribution in [-0.4, -0.2) is 24.1 Å². The van der Waals surface area contributed by atoms with Crippen molar-refractivity contribution in [1.82, 2.24) is 5.32 Å². The molecule has 1 N–H and O–H groups in total. The van der Waals surface area contributed by atoms with Gasteiger partial charge >= 0.3 is 0 Å². The summed E-state index contributed by atoms with van der Waals surface area (Å²) in [5.41, 5.74) is 0. The second-order valence-electron chi connectivity index (χ2n) is 3.96. The van der Waals surface area contributed by atoms with Gasteiger partial charge in [-0.05, 0) is 13.3 Å². The lowest BCUT2D eigenvalue weighted by Gasteiger charge is -2.12. The summed E-state index contributed by atoms with van der Waals surface area (Å²) in [5, 5.41) is 3.53. The van der Waals surface area contributed by atoms with Crippen molar-refractivity contribution in [1.29, 1.82) is 0 Å². The van der Waals surface area contributed by atoms with Crippen LogP contribution in [0.3, 0.4) is 0 Å². The van der Waals surface area contributed by atoms with Crippen LogP contribution in [0.4, 0.5) is 0 Å². The average molecular weight is 227 g/mol. The predicted molar refractivity (Wildman–Crippen MR) is 72.4 cm³/mol. The molecule has 2 heteroatoms. The highest BCUT2D eigenvalue weighted by atomic mass is 32.2. The van der Waals surface area contributed by atoms with Crippen LogP contribution in [0.2, 0.25) is 0 Å². The highest BCUT2D eigenvalue weighted by Crippen LogP contribution is 2.05. The third-order valence-corrected chi connectivity index (χ3v) is 3.28. The first-order chi connectivity index (χ1) is 7.31. The Morgan fingerprint density at radius 2 is 2.13 bits per heavy atom. The summed E-state index contributed by atoms with van der Waals surface area (Å²) in [6, 6.07) is 0.660. The fraction of sp³-hybridized carbons (Fsp3) is 0.846. The normalized spacial score (nSPS) is 12.3. The molecule has 0 aliphatic heterocycles. The van der Waals surface area contributed by atoms with E-state index in [2.05, 4.69) is 25.1 Å². The Bertz CT molecular complexity index is 162. The van der Waals surface area contributed by atoms with Crippen LogP contribution in [-0.2, 0) is 0 Å². The molecule has 0 heterocycles. The van der Waals surface area contributed by atoms with Crippen LogP contribution in [0.1, 0.15) is 46.0 Å². The number of thioether (sulfide) groups is 1. The zero-order valence-electron chi connectivity index (χ0n) is 10.2. The maximum atomic E-state index is 5.17. The molecule has 0 aromatic rings. The monoisotopic (exact) mass is 227 g/mol. The van der Waals surface area contributed by atoms with Gasteiger partial charge in [0.15, 0.2) is 0 Å². The van der Waals surface area contributed by atoms with Crippen molar-refractivity contribution < 1.29 is 0 Å². The second-order valence-corrected chi connectivity index (χ2v) is 5.07. The summed E-state index contributed by atoms with van der Waals surface area (Å²) in [6.45, 7) is 5.61. The Labute approximate surface area is 99.8 Å². The lowest BCUT2D eigenvalue weighted by atomic mass is 10.1. The summed E-state index contributed by atoms with van der Waals surface area (Å²) >= 11 is 1.83. The molecule has 0 rings (SSSR count). The first-order valence-corrected chi connectivity index (χ1v) is 7.21. The lowest BCUT2D eigenvalue weighted by Crippen LogP contribution is -2.28. The van der Waals surface area contributed by atoms with E-state index in [-0.39, 0.29) is 0 Å². The Balaban J connectivity index is 3.12. The molecule has 0 spiro atoms. The van der Waals surface area contributed by atoms with Gasteiger partial charge in [-0.3, -0.25) is 0 Å². The molecule has 88 valence electrons. The molecule has 1 unspecified atom stereocenters. The van der Waals surface area contributed by atoms with E-state index in [1.54, 1.807) is 0 Å². The van der Waals surface area contributed by atoms with Crippen molar-refractivity contribution in [2.24, 2.45) is 0 Å². The molecule has 0 aliphatic rings. The van der Waals surface area contributed by atoms with Crippen LogP contribution in [0.15, 0.2) is 0 Å². The molecule has 0 aliphatic carbocycles. The SMILES string of the molecule is C#CCSCCNC(C)CCCCCC.